The van der Waals surface area contributed by atoms with Crippen LogP contribution in [0.15, 0.2) is 33.1 Å². The number of rotatable bonds is 2. The molecule has 0 aromatic carbocycles. The van der Waals surface area contributed by atoms with Crippen molar-refractivity contribution >= 4 is 26.5 Å². The van der Waals surface area contributed by atoms with Crippen molar-refractivity contribution in [3.63, 3.8) is 0 Å². The Hall–Kier alpha value is 0.929. The maximum Gasteiger partial charge on any atom is 4.00 e. The van der Waals surface area contributed by atoms with Crippen LogP contribution in [0.5, 0.6) is 0 Å². The molecule has 0 atom stereocenters. The van der Waals surface area contributed by atoms with Crippen molar-refractivity contribution in [3.8, 4) is 0 Å². The molecule has 0 spiro atoms. The van der Waals surface area contributed by atoms with Gasteiger partial charge in [-0.2, -0.15) is 0 Å². The first-order chi connectivity index (χ1) is 8.21. The van der Waals surface area contributed by atoms with E-state index in [1.807, 2.05) is 0 Å². The third-order valence-corrected chi connectivity index (χ3v) is 11.2. The van der Waals surface area contributed by atoms with E-state index < -0.39 is 26.5 Å². The van der Waals surface area contributed by atoms with Gasteiger partial charge in [-0.3, -0.25) is 0 Å². The van der Waals surface area contributed by atoms with Crippen molar-refractivity contribution in [2.75, 3.05) is 0 Å². The van der Waals surface area contributed by atoms with Crippen LogP contribution in [-0.2, 0) is 26.2 Å². The van der Waals surface area contributed by atoms with Crippen molar-refractivity contribution in [2.45, 2.75) is 47.4 Å². The zero-order chi connectivity index (χ0) is 13.8. The summed E-state index contributed by atoms with van der Waals surface area (Å²) >= 11 is -2.92. The van der Waals surface area contributed by atoms with Gasteiger partial charge in [0.2, 0.25) is 0 Å². The SMILES string of the molecule is [CH3][Ge]([CH3])([CH3])[C]1=[C-]CC=C1.[CH3][Ge]([CH3])([CH3])[C]1=[C-]CC=C1.[H-].[H-].[Zr+4]. The minimum atomic E-state index is -1.46. The van der Waals surface area contributed by atoms with Crippen LogP contribution in [-0.4, -0.2) is 26.5 Å². The summed E-state index contributed by atoms with van der Waals surface area (Å²) in [6, 6.07) is 0. The Morgan fingerprint density at radius 1 is 0.789 bits per heavy atom. The number of allylic oxidation sites excluding steroid dienone is 8. The van der Waals surface area contributed by atoms with Crippen LogP contribution in [0.2, 0.25) is 34.5 Å². The quantitative estimate of drug-likeness (QED) is 0.389. The number of hydrogen-bond acceptors (Lipinski definition) is 0. The Bertz CT molecular complexity index is 371. The van der Waals surface area contributed by atoms with Crippen LogP contribution >= 0.6 is 0 Å². The first-order valence-electron chi connectivity index (χ1n) is 6.77. The fourth-order valence-electron chi connectivity index (χ4n) is 1.84. The predicted molar refractivity (Wildman–Crippen MR) is 89.9 cm³/mol. The molecule has 2 rings (SSSR count). The fraction of sp³-hybridized carbons (Fsp3) is 0.500. The molecular weight excluding hydrogens is 429 g/mol. The summed E-state index contributed by atoms with van der Waals surface area (Å²) in [5.41, 5.74) is 0. The topological polar surface area (TPSA) is 0 Å². The summed E-state index contributed by atoms with van der Waals surface area (Å²) in [6.45, 7) is 0. The second-order valence-electron chi connectivity index (χ2n) is 6.89. The summed E-state index contributed by atoms with van der Waals surface area (Å²) in [5.74, 6) is 14.4. The first kappa shape index (κ1) is 19.9. The third-order valence-electron chi connectivity index (χ3n) is 3.01. The molecule has 0 heterocycles. The second kappa shape index (κ2) is 8.39. The second-order valence-corrected chi connectivity index (χ2v) is 28.0. The van der Waals surface area contributed by atoms with Crippen LogP contribution in [0.1, 0.15) is 15.7 Å². The molecule has 0 saturated heterocycles. The maximum atomic E-state index is 3.39. The minimum absolute atomic E-state index is 0. The summed E-state index contributed by atoms with van der Waals surface area (Å²) in [6.07, 6.45) is 17.8. The van der Waals surface area contributed by atoms with Crippen LogP contribution in [0.3, 0.4) is 0 Å². The summed E-state index contributed by atoms with van der Waals surface area (Å²) in [5, 5.41) is 0. The van der Waals surface area contributed by atoms with E-state index in [0.29, 0.717) is 0 Å². The Kier molecular flexibility index (Phi) is 8.80. The van der Waals surface area contributed by atoms with Gasteiger partial charge in [0.25, 0.3) is 0 Å². The average Bonchev–Trinajstić information content (AvgIpc) is 2.91. The van der Waals surface area contributed by atoms with Gasteiger partial charge in [0.1, 0.15) is 0 Å². The smallest absolute Gasteiger partial charge is 1.00 e. The van der Waals surface area contributed by atoms with E-state index in [4.69, 9.17) is 0 Å². The summed E-state index contributed by atoms with van der Waals surface area (Å²) in [4.78, 5) is 0. The van der Waals surface area contributed by atoms with E-state index in [2.05, 4.69) is 71.0 Å². The van der Waals surface area contributed by atoms with Gasteiger partial charge in [0.05, 0.1) is 0 Å². The molecular formula is C16H28Ge2Zr. The minimum Gasteiger partial charge on any atom is -1.00 e. The predicted octanol–water partition coefficient (Wildman–Crippen LogP) is 5.33. The largest absolute Gasteiger partial charge is 4.00 e. The molecule has 0 saturated carbocycles. The van der Waals surface area contributed by atoms with E-state index in [9.17, 15) is 0 Å². The summed E-state index contributed by atoms with van der Waals surface area (Å²) in [7, 11) is 0. The molecule has 3 heteroatoms. The summed E-state index contributed by atoms with van der Waals surface area (Å²) < 4.78 is 3.07. The van der Waals surface area contributed by atoms with Gasteiger partial charge in [0, 0.05) is 0 Å². The zero-order valence-corrected chi connectivity index (χ0v) is 19.9. The van der Waals surface area contributed by atoms with E-state index >= 15 is 0 Å². The molecule has 19 heavy (non-hydrogen) atoms. The number of hydrogen-bond donors (Lipinski definition) is 0. The zero-order valence-electron chi connectivity index (χ0n) is 15.2. The van der Waals surface area contributed by atoms with E-state index in [1.165, 1.54) is 8.81 Å². The Balaban J connectivity index is -0.000000270. The Morgan fingerprint density at radius 3 is 1.21 bits per heavy atom. The van der Waals surface area contributed by atoms with Crippen molar-refractivity contribution < 1.29 is 29.1 Å². The van der Waals surface area contributed by atoms with Gasteiger partial charge in [-0.05, 0) is 0 Å². The molecule has 0 aromatic heterocycles. The van der Waals surface area contributed by atoms with E-state index in [-0.39, 0.29) is 29.1 Å². The normalized spacial score (nSPS) is 17.4. The molecule has 0 unspecified atom stereocenters. The first-order valence-corrected chi connectivity index (χ1v) is 21.5. The van der Waals surface area contributed by atoms with Gasteiger partial charge in [-0.1, -0.05) is 0 Å². The van der Waals surface area contributed by atoms with Crippen LogP contribution in [0, 0.1) is 12.2 Å². The fourth-order valence-corrected chi connectivity index (χ4v) is 7.09. The molecule has 0 bridgehead atoms. The van der Waals surface area contributed by atoms with Crippen molar-refractivity contribution in [1.29, 1.82) is 0 Å². The van der Waals surface area contributed by atoms with Gasteiger partial charge in [0.15, 0.2) is 0 Å². The molecule has 104 valence electrons. The van der Waals surface area contributed by atoms with Crippen LogP contribution in [0.25, 0.3) is 0 Å². The molecule has 0 aromatic rings. The average molecular weight is 457 g/mol. The molecule has 2 aliphatic rings. The molecule has 2 aliphatic carbocycles. The van der Waals surface area contributed by atoms with Crippen LogP contribution < -0.4 is 0 Å². The monoisotopic (exact) mass is 458 g/mol. The molecule has 0 aliphatic heterocycles. The van der Waals surface area contributed by atoms with Crippen molar-refractivity contribution in [1.82, 2.24) is 0 Å². The van der Waals surface area contributed by atoms with E-state index in [1.54, 1.807) is 0 Å². The maximum absolute atomic E-state index is 3.39. The van der Waals surface area contributed by atoms with Gasteiger partial charge in [-0.15, -0.1) is 0 Å². The molecule has 0 nitrogen and oxygen atoms in total. The Labute approximate surface area is 147 Å². The van der Waals surface area contributed by atoms with Gasteiger partial charge < -0.3 is 2.85 Å². The van der Waals surface area contributed by atoms with Crippen LogP contribution in [0.4, 0.5) is 0 Å². The van der Waals surface area contributed by atoms with Gasteiger partial charge >= 0.3 is 145 Å². The van der Waals surface area contributed by atoms with Crippen molar-refractivity contribution in [2.24, 2.45) is 0 Å². The van der Waals surface area contributed by atoms with Crippen molar-refractivity contribution in [3.05, 3.63) is 45.3 Å². The third kappa shape index (κ3) is 7.48. The molecule has 0 radical (unpaired) electrons. The standard InChI is InChI=1S/2C8H13Ge.Zr.2H/c2*1-9(2,3)8-6-4-5-7-8;;;/h2*4,6H,5H2,1-3H3;;;/q2*-1;+4;2*-1. The molecule has 0 amide bonds. The van der Waals surface area contributed by atoms with Gasteiger partial charge in [-0.25, -0.2) is 0 Å². The molecule has 0 N–H and O–H groups in total. The Morgan fingerprint density at radius 2 is 1.11 bits per heavy atom. The van der Waals surface area contributed by atoms with E-state index in [0.717, 1.165) is 12.8 Å². The molecule has 0 fully saturated rings.